The van der Waals surface area contributed by atoms with Gasteiger partial charge in [0.2, 0.25) is 5.91 Å². The molecule has 0 fully saturated rings. The Bertz CT molecular complexity index is 1290. The van der Waals surface area contributed by atoms with E-state index in [1.807, 2.05) is 84.9 Å². The van der Waals surface area contributed by atoms with Crippen LogP contribution in [0.25, 0.3) is 0 Å². The molecule has 0 unspecified atom stereocenters. The molecule has 0 aliphatic carbocycles. The summed E-state index contributed by atoms with van der Waals surface area (Å²) < 4.78 is 11.2. The Labute approximate surface area is 240 Å². The third-order valence-corrected chi connectivity index (χ3v) is 7.46. The topological polar surface area (TPSA) is 84.9 Å². The predicted octanol–water partition coefficient (Wildman–Crippen LogP) is 5.17. The first-order valence-corrected chi connectivity index (χ1v) is 14.4. The first-order chi connectivity index (χ1) is 19.2. The van der Waals surface area contributed by atoms with Gasteiger partial charge in [-0.05, 0) is 56.9 Å². The Morgan fingerprint density at radius 3 is 2.25 bits per heavy atom. The lowest BCUT2D eigenvalue weighted by atomic mass is 10.0. The van der Waals surface area contributed by atoms with E-state index in [2.05, 4.69) is 5.32 Å². The molecule has 0 spiro atoms. The third-order valence-electron chi connectivity index (χ3n) is 6.31. The summed E-state index contributed by atoms with van der Waals surface area (Å²) in [5, 5.41) is 3.30. The molecule has 0 saturated carbocycles. The van der Waals surface area contributed by atoms with Crippen LogP contribution < -0.4 is 10.2 Å². The van der Waals surface area contributed by atoms with E-state index in [-0.39, 0.29) is 19.1 Å². The fraction of sp³-hybridized carbons (Fsp3) is 0.344. The molecule has 210 valence electrons. The van der Waals surface area contributed by atoms with Crippen molar-refractivity contribution in [2.24, 2.45) is 0 Å². The Kier molecular flexibility index (Phi) is 10.0. The van der Waals surface area contributed by atoms with Crippen molar-refractivity contribution in [2.75, 3.05) is 17.2 Å². The first-order valence-electron chi connectivity index (χ1n) is 13.5. The summed E-state index contributed by atoms with van der Waals surface area (Å²) in [6, 6.07) is 25.5. The zero-order valence-electron chi connectivity index (χ0n) is 23.2. The first kappa shape index (κ1) is 29.4. The summed E-state index contributed by atoms with van der Waals surface area (Å²) in [5.41, 5.74) is 1.95. The van der Waals surface area contributed by atoms with Crippen molar-refractivity contribution in [2.45, 2.75) is 62.8 Å². The molecule has 1 heterocycles. The molecule has 1 amide bonds. The molecule has 8 heteroatoms. The number of aryl methyl sites for hydroxylation is 1. The van der Waals surface area contributed by atoms with Gasteiger partial charge < -0.3 is 9.47 Å². The predicted molar refractivity (Wildman–Crippen MR) is 157 cm³/mol. The van der Waals surface area contributed by atoms with Gasteiger partial charge in [0.15, 0.2) is 0 Å². The number of amides is 1. The number of hydrogen-bond donors (Lipinski definition) is 1. The summed E-state index contributed by atoms with van der Waals surface area (Å²) >= 11 is 1.51. The van der Waals surface area contributed by atoms with Gasteiger partial charge in [-0.25, -0.2) is 0 Å². The van der Waals surface area contributed by atoms with Crippen molar-refractivity contribution in [3.05, 3.63) is 96.1 Å². The van der Waals surface area contributed by atoms with E-state index in [1.165, 1.54) is 16.7 Å². The third kappa shape index (κ3) is 8.44. The average molecular weight is 561 g/mol. The van der Waals surface area contributed by atoms with Crippen LogP contribution >= 0.6 is 11.8 Å². The van der Waals surface area contributed by atoms with Gasteiger partial charge in [0.25, 0.3) is 0 Å². The highest BCUT2D eigenvalue weighted by Gasteiger charge is 2.35. The molecule has 0 bridgehead atoms. The molecular weight excluding hydrogens is 524 g/mol. The number of anilines is 1. The zero-order valence-corrected chi connectivity index (χ0v) is 24.0. The summed E-state index contributed by atoms with van der Waals surface area (Å²) in [4.78, 5) is 42.4. The smallest absolute Gasteiger partial charge is 0.326 e. The van der Waals surface area contributed by atoms with Crippen LogP contribution in [0.5, 0.6) is 0 Å². The van der Waals surface area contributed by atoms with Crippen LogP contribution in [0.1, 0.15) is 38.3 Å². The number of ether oxygens (including phenoxy) is 2. The molecular formula is C32H36N2O5S. The molecule has 0 aromatic heterocycles. The van der Waals surface area contributed by atoms with Crippen molar-refractivity contribution in [3.8, 4) is 0 Å². The maximum Gasteiger partial charge on any atom is 0.326 e. The molecule has 40 heavy (non-hydrogen) atoms. The maximum absolute atomic E-state index is 13.9. The van der Waals surface area contributed by atoms with Crippen LogP contribution in [0, 0.1) is 0 Å². The Hall–Kier alpha value is -3.62. The molecule has 0 saturated heterocycles. The molecule has 1 aliphatic rings. The number of hydrogen-bond acceptors (Lipinski definition) is 7. The highest BCUT2D eigenvalue weighted by Crippen LogP contribution is 2.34. The molecule has 3 aromatic rings. The number of esters is 2. The Balaban J connectivity index is 1.54. The SMILES string of the molecule is CC(C)(C)OC(=O)CN1C(=O)[C@@H](N[C@@H](CCc2ccccc2)C(=O)OCc2ccccc2)CSc2ccccc21. The second-order valence-electron chi connectivity index (χ2n) is 10.7. The fourth-order valence-corrected chi connectivity index (χ4v) is 5.52. The van der Waals surface area contributed by atoms with Gasteiger partial charge in [0.1, 0.15) is 24.8 Å². The van der Waals surface area contributed by atoms with Gasteiger partial charge in [-0.2, -0.15) is 0 Å². The van der Waals surface area contributed by atoms with E-state index in [4.69, 9.17) is 9.47 Å². The highest BCUT2D eigenvalue weighted by molar-refractivity contribution is 7.99. The number of para-hydroxylation sites is 1. The van der Waals surface area contributed by atoms with Crippen molar-refractivity contribution in [1.82, 2.24) is 5.32 Å². The minimum absolute atomic E-state index is 0.146. The van der Waals surface area contributed by atoms with E-state index in [9.17, 15) is 14.4 Å². The van der Waals surface area contributed by atoms with E-state index >= 15 is 0 Å². The van der Waals surface area contributed by atoms with Crippen LogP contribution in [0.3, 0.4) is 0 Å². The van der Waals surface area contributed by atoms with Gasteiger partial charge in [-0.15, -0.1) is 11.8 Å². The number of rotatable bonds is 10. The van der Waals surface area contributed by atoms with Crippen LogP contribution in [0.15, 0.2) is 89.8 Å². The highest BCUT2D eigenvalue weighted by atomic mass is 32.2. The Morgan fingerprint density at radius 1 is 0.950 bits per heavy atom. The maximum atomic E-state index is 13.9. The minimum atomic E-state index is -0.719. The Morgan fingerprint density at radius 2 is 1.57 bits per heavy atom. The van der Waals surface area contributed by atoms with Crippen LogP contribution in [0.4, 0.5) is 5.69 Å². The lowest BCUT2D eigenvalue weighted by molar-refractivity contribution is -0.154. The summed E-state index contributed by atoms with van der Waals surface area (Å²) in [7, 11) is 0. The molecule has 0 radical (unpaired) electrons. The van der Waals surface area contributed by atoms with Gasteiger partial charge in [-0.3, -0.25) is 24.6 Å². The van der Waals surface area contributed by atoms with Crippen molar-refractivity contribution >= 4 is 35.3 Å². The van der Waals surface area contributed by atoms with Crippen LogP contribution in [-0.2, 0) is 36.9 Å². The zero-order chi connectivity index (χ0) is 28.5. The second-order valence-corrected chi connectivity index (χ2v) is 11.7. The van der Waals surface area contributed by atoms with Crippen molar-refractivity contribution in [3.63, 3.8) is 0 Å². The number of nitrogens with one attached hydrogen (secondary N) is 1. The molecule has 7 nitrogen and oxygen atoms in total. The summed E-state index contributed by atoms with van der Waals surface area (Å²) in [6.45, 7) is 5.30. The fourth-order valence-electron chi connectivity index (χ4n) is 4.44. The number of carbonyl (C=O) groups excluding carboxylic acids is 3. The largest absolute Gasteiger partial charge is 0.460 e. The standard InChI is InChI=1S/C32H36N2O5S/c1-32(2,3)39-29(35)20-34-27-16-10-11-17-28(27)40-22-26(30(34)36)33-25(19-18-23-12-6-4-7-13-23)31(37)38-21-24-14-8-5-9-15-24/h4-17,25-26,33H,18-22H2,1-3H3/t25-,26-/m0/s1. The average Bonchev–Trinajstić information content (AvgIpc) is 3.06. The van der Waals surface area contributed by atoms with E-state index in [1.54, 1.807) is 20.8 Å². The normalized spacial score (nSPS) is 16.0. The van der Waals surface area contributed by atoms with Gasteiger partial charge >= 0.3 is 11.9 Å². The summed E-state index contributed by atoms with van der Waals surface area (Å²) in [6.07, 6.45) is 1.08. The van der Waals surface area contributed by atoms with E-state index in [0.29, 0.717) is 24.3 Å². The summed E-state index contributed by atoms with van der Waals surface area (Å²) in [5.74, 6) is -0.805. The quantitative estimate of drug-likeness (QED) is 0.343. The number of benzene rings is 3. The van der Waals surface area contributed by atoms with Crippen molar-refractivity contribution < 1.29 is 23.9 Å². The van der Waals surface area contributed by atoms with E-state index in [0.717, 1.165) is 16.0 Å². The van der Waals surface area contributed by atoms with Gasteiger partial charge in [-0.1, -0.05) is 72.8 Å². The van der Waals surface area contributed by atoms with Crippen molar-refractivity contribution in [1.29, 1.82) is 0 Å². The molecule has 4 rings (SSSR count). The number of fused-ring (bicyclic) bond motifs is 1. The van der Waals surface area contributed by atoms with Crippen LogP contribution in [-0.4, -0.2) is 47.8 Å². The lowest BCUT2D eigenvalue weighted by Crippen LogP contribution is -2.54. The number of nitrogens with zero attached hydrogens (tertiary/aromatic N) is 1. The molecule has 1 N–H and O–H groups in total. The molecule has 2 atom stereocenters. The van der Waals surface area contributed by atoms with Gasteiger partial charge in [0, 0.05) is 10.6 Å². The minimum Gasteiger partial charge on any atom is -0.460 e. The van der Waals surface area contributed by atoms with Crippen LogP contribution in [0.2, 0.25) is 0 Å². The number of thioether (sulfide) groups is 1. The van der Waals surface area contributed by atoms with Gasteiger partial charge in [0.05, 0.1) is 11.7 Å². The molecule has 3 aromatic carbocycles. The van der Waals surface area contributed by atoms with E-state index < -0.39 is 29.6 Å². The second kappa shape index (κ2) is 13.6. The monoisotopic (exact) mass is 560 g/mol. The lowest BCUT2D eigenvalue weighted by Gasteiger charge is -2.28. The molecule has 1 aliphatic heterocycles. The number of carbonyl (C=O) groups is 3.